The highest BCUT2D eigenvalue weighted by molar-refractivity contribution is 9.11. The van der Waals surface area contributed by atoms with Gasteiger partial charge in [0.25, 0.3) is 5.91 Å². The Hall–Kier alpha value is -2.64. The van der Waals surface area contributed by atoms with E-state index in [1.54, 1.807) is 19.1 Å². The van der Waals surface area contributed by atoms with Crippen LogP contribution in [-0.2, 0) is 10.2 Å². The highest BCUT2D eigenvalue weighted by Crippen LogP contribution is 2.48. The Labute approximate surface area is 217 Å². The molecule has 1 aliphatic heterocycles. The monoisotopic (exact) mass is 583 g/mol. The van der Waals surface area contributed by atoms with Gasteiger partial charge in [-0.15, -0.1) is 0 Å². The molecule has 0 aromatic heterocycles. The van der Waals surface area contributed by atoms with Crippen LogP contribution in [0.3, 0.4) is 0 Å². The van der Waals surface area contributed by atoms with Gasteiger partial charge in [0, 0.05) is 53.2 Å². The van der Waals surface area contributed by atoms with Crippen molar-refractivity contribution >= 4 is 60.7 Å². The van der Waals surface area contributed by atoms with E-state index in [0.717, 1.165) is 32.3 Å². The van der Waals surface area contributed by atoms with Crippen LogP contribution in [0.1, 0.15) is 41.8 Å². The van der Waals surface area contributed by atoms with E-state index in [-0.39, 0.29) is 17.2 Å². The normalized spacial score (nSPS) is 17.2. The summed E-state index contributed by atoms with van der Waals surface area (Å²) in [7, 11) is 3.87. The molecule has 176 valence electrons. The van der Waals surface area contributed by atoms with Crippen LogP contribution in [0.15, 0.2) is 69.6 Å². The van der Waals surface area contributed by atoms with Crippen molar-refractivity contribution in [3.05, 3.63) is 86.3 Å². The number of carbonyl (C=O) groups excluding carboxylic acids is 2. The molecule has 3 aromatic rings. The standard InChI is InChI=1S/C27H27Br2N3O2/c1-17(33)32-11-10-27(2,19-8-6-5-7-9-19)22-15-23(25(31(3)4)16-24(22)32)30-26(34)18-12-20(28)14-21(29)13-18/h5-9,12-16H,10-11H2,1-4H3,(H,30,34). The molecule has 3 aromatic carbocycles. The van der Waals surface area contributed by atoms with Gasteiger partial charge in [0.15, 0.2) is 0 Å². The van der Waals surface area contributed by atoms with Crippen molar-refractivity contribution in [1.82, 2.24) is 0 Å². The number of rotatable bonds is 4. The summed E-state index contributed by atoms with van der Waals surface area (Å²) in [5.74, 6) is -0.192. The van der Waals surface area contributed by atoms with Crippen LogP contribution in [0, 0.1) is 0 Å². The number of carbonyl (C=O) groups is 2. The molecule has 0 aliphatic carbocycles. The number of amides is 2. The molecule has 2 amide bonds. The Morgan fingerprint density at radius 2 is 1.65 bits per heavy atom. The van der Waals surface area contributed by atoms with Gasteiger partial charge in [0.2, 0.25) is 5.91 Å². The van der Waals surface area contributed by atoms with Gasteiger partial charge in [-0.25, -0.2) is 0 Å². The molecule has 5 nitrogen and oxygen atoms in total. The Balaban J connectivity index is 1.87. The van der Waals surface area contributed by atoms with Crippen molar-refractivity contribution in [2.75, 3.05) is 35.8 Å². The molecular weight excluding hydrogens is 558 g/mol. The quantitative estimate of drug-likeness (QED) is 0.376. The lowest BCUT2D eigenvalue weighted by Crippen LogP contribution is -2.42. The number of fused-ring (bicyclic) bond motifs is 1. The van der Waals surface area contributed by atoms with Crippen molar-refractivity contribution < 1.29 is 9.59 Å². The minimum Gasteiger partial charge on any atom is -0.376 e. The lowest BCUT2D eigenvalue weighted by atomic mass is 9.70. The van der Waals surface area contributed by atoms with Gasteiger partial charge in [-0.2, -0.15) is 0 Å². The molecular formula is C27H27Br2N3O2. The summed E-state index contributed by atoms with van der Waals surface area (Å²) in [5, 5.41) is 3.12. The van der Waals surface area contributed by atoms with E-state index in [9.17, 15) is 9.59 Å². The van der Waals surface area contributed by atoms with Crippen LogP contribution >= 0.6 is 31.9 Å². The largest absolute Gasteiger partial charge is 0.376 e. The van der Waals surface area contributed by atoms with Gasteiger partial charge in [0.1, 0.15) is 0 Å². The van der Waals surface area contributed by atoms with E-state index in [1.165, 1.54) is 5.56 Å². The third-order valence-corrected chi connectivity index (χ3v) is 7.40. The van der Waals surface area contributed by atoms with Crippen LogP contribution in [0.4, 0.5) is 17.1 Å². The SMILES string of the molecule is CC(=O)N1CCC(C)(c2ccccc2)c2cc(NC(=O)c3cc(Br)cc(Br)c3)c(N(C)C)cc21. The van der Waals surface area contributed by atoms with Gasteiger partial charge >= 0.3 is 0 Å². The minimum absolute atomic E-state index is 0.0110. The second kappa shape index (κ2) is 9.55. The van der Waals surface area contributed by atoms with E-state index >= 15 is 0 Å². The first kappa shape index (κ1) is 24.5. The predicted molar refractivity (Wildman–Crippen MR) is 146 cm³/mol. The molecule has 4 rings (SSSR count). The Bertz CT molecular complexity index is 1240. The molecule has 7 heteroatoms. The number of nitrogens with one attached hydrogen (secondary N) is 1. The summed E-state index contributed by atoms with van der Waals surface area (Å²) >= 11 is 6.92. The fourth-order valence-corrected chi connectivity index (χ4v) is 5.91. The van der Waals surface area contributed by atoms with Gasteiger partial charge in [-0.1, -0.05) is 69.1 Å². The maximum atomic E-state index is 13.2. The van der Waals surface area contributed by atoms with Crippen LogP contribution < -0.4 is 15.1 Å². The predicted octanol–water partition coefficient (Wildman–Crippen LogP) is 6.59. The number of benzene rings is 3. The van der Waals surface area contributed by atoms with Crippen LogP contribution in [-0.4, -0.2) is 32.5 Å². The van der Waals surface area contributed by atoms with Gasteiger partial charge in [-0.3, -0.25) is 9.59 Å². The van der Waals surface area contributed by atoms with Crippen molar-refractivity contribution in [3.63, 3.8) is 0 Å². The molecule has 0 radical (unpaired) electrons. The first-order valence-corrected chi connectivity index (χ1v) is 12.7. The number of hydrogen-bond acceptors (Lipinski definition) is 3. The van der Waals surface area contributed by atoms with Crippen molar-refractivity contribution in [3.8, 4) is 0 Å². The topological polar surface area (TPSA) is 52.7 Å². The molecule has 1 heterocycles. The summed E-state index contributed by atoms with van der Waals surface area (Å²) in [4.78, 5) is 29.6. The number of hydrogen-bond donors (Lipinski definition) is 1. The molecule has 0 saturated heterocycles. The third kappa shape index (κ3) is 4.64. The van der Waals surface area contributed by atoms with Gasteiger partial charge in [-0.05, 0) is 47.9 Å². The zero-order valence-electron chi connectivity index (χ0n) is 19.7. The van der Waals surface area contributed by atoms with E-state index in [4.69, 9.17) is 0 Å². The van der Waals surface area contributed by atoms with E-state index in [1.807, 2.05) is 60.3 Å². The van der Waals surface area contributed by atoms with Crippen molar-refractivity contribution in [1.29, 1.82) is 0 Å². The zero-order valence-corrected chi connectivity index (χ0v) is 22.8. The zero-order chi connectivity index (χ0) is 24.6. The van der Waals surface area contributed by atoms with E-state index in [2.05, 4.69) is 56.2 Å². The fourth-order valence-electron chi connectivity index (χ4n) is 4.62. The average molecular weight is 585 g/mol. The van der Waals surface area contributed by atoms with Crippen molar-refractivity contribution in [2.45, 2.75) is 25.7 Å². The van der Waals surface area contributed by atoms with Gasteiger partial charge in [0.05, 0.1) is 11.4 Å². The molecule has 34 heavy (non-hydrogen) atoms. The smallest absolute Gasteiger partial charge is 0.255 e. The van der Waals surface area contributed by atoms with E-state index in [0.29, 0.717) is 17.8 Å². The molecule has 0 saturated carbocycles. The first-order chi connectivity index (χ1) is 16.1. The van der Waals surface area contributed by atoms with Crippen LogP contribution in [0.5, 0.6) is 0 Å². The molecule has 1 N–H and O–H groups in total. The Kier molecular flexibility index (Phi) is 6.87. The molecule has 0 bridgehead atoms. The lowest BCUT2D eigenvalue weighted by molar-refractivity contribution is -0.116. The van der Waals surface area contributed by atoms with Crippen LogP contribution in [0.2, 0.25) is 0 Å². The minimum atomic E-state index is -0.300. The third-order valence-electron chi connectivity index (χ3n) is 6.48. The Morgan fingerprint density at radius 3 is 2.24 bits per heavy atom. The van der Waals surface area contributed by atoms with E-state index < -0.39 is 0 Å². The lowest BCUT2D eigenvalue weighted by Gasteiger charge is -2.42. The number of nitrogens with zero attached hydrogens (tertiary/aromatic N) is 2. The summed E-state index contributed by atoms with van der Waals surface area (Å²) in [6.45, 7) is 4.45. The molecule has 1 aliphatic rings. The highest BCUT2D eigenvalue weighted by atomic mass is 79.9. The highest BCUT2D eigenvalue weighted by Gasteiger charge is 2.38. The fraction of sp³-hybridized carbons (Fsp3) is 0.259. The number of halogens is 2. The second-order valence-electron chi connectivity index (χ2n) is 9.01. The van der Waals surface area contributed by atoms with Crippen molar-refractivity contribution in [2.24, 2.45) is 0 Å². The summed E-state index contributed by atoms with van der Waals surface area (Å²) < 4.78 is 1.64. The first-order valence-electron chi connectivity index (χ1n) is 11.1. The molecule has 0 spiro atoms. The molecule has 1 atom stereocenters. The number of anilines is 3. The summed E-state index contributed by atoms with van der Waals surface area (Å²) in [6, 6.07) is 19.9. The average Bonchev–Trinajstić information content (AvgIpc) is 2.78. The summed E-state index contributed by atoms with van der Waals surface area (Å²) in [6.07, 6.45) is 0.789. The maximum Gasteiger partial charge on any atom is 0.255 e. The second-order valence-corrected chi connectivity index (χ2v) is 10.8. The van der Waals surface area contributed by atoms with Gasteiger partial charge < -0.3 is 15.1 Å². The van der Waals surface area contributed by atoms with Crippen LogP contribution in [0.25, 0.3) is 0 Å². The Morgan fingerprint density at radius 1 is 1.00 bits per heavy atom. The molecule has 0 fully saturated rings. The summed E-state index contributed by atoms with van der Waals surface area (Å²) in [5.41, 5.74) is 4.88. The maximum absolute atomic E-state index is 13.2. The molecule has 1 unspecified atom stereocenters.